The first-order valence-corrected chi connectivity index (χ1v) is 25.4. The summed E-state index contributed by atoms with van der Waals surface area (Å²) in [6.07, 6.45) is 4.84. The molecule has 2 unspecified atom stereocenters. The molecule has 4 aliphatic rings. The number of rotatable bonds is 5. The molecule has 1 fully saturated rings. The van der Waals surface area contributed by atoms with E-state index in [0.29, 0.717) is 0 Å². The molecular weight excluding hydrogens is 822 g/mol. The molecule has 0 saturated heterocycles. The van der Waals surface area contributed by atoms with Crippen molar-refractivity contribution < 1.29 is 0 Å². The van der Waals surface area contributed by atoms with Crippen LogP contribution in [0.15, 0.2) is 152 Å². The Morgan fingerprint density at radius 3 is 1.66 bits per heavy atom. The SMILES string of the molecule is CC(C)(C)c1ccc(N(c2ccc(C(C)(C)C)cc2)c2cc3c4c(c2)-n2c(-c5ccccc5)c(-c5ccccc5)c5cc(C(C)(C)C)cc(c52)B4c2cccc4c2N3C2(C)CCCCC42C)cc1. The van der Waals surface area contributed by atoms with E-state index in [1.165, 1.54) is 114 Å². The highest BCUT2D eigenvalue weighted by Crippen LogP contribution is 2.62. The third-order valence-electron chi connectivity index (χ3n) is 17.0. The Morgan fingerprint density at radius 2 is 1.07 bits per heavy atom. The number of hydrogen-bond donors (Lipinski definition) is 0. The van der Waals surface area contributed by atoms with Gasteiger partial charge in [0.05, 0.1) is 16.9 Å². The van der Waals surface area contributed by atoms with Gasteiger partial charge in [0.25, 0.3) is 6.71 Å². The minimum atomic E-state index is -0.106. The van der Waals surface area contributed by atoms with Crippen LogP contribution >= 0.6 is 0 Å². The monoisotopic (exact) mass is 888 g/mol. The van der Waals surface area contributed by atoms with E-state index in [-0.39, 0.29) is 33.9 Å². The molecule has 8 aromatic rings. The van der Waals surface area contributed by atoms with Crippen molar-refractivity contribution in [3.63, 3.8) is 0 Å². The number of nitrogens with zero attached hydrogens (tertiary/aromatic N) is 3. The smallest absolute Gasteiger partial charge is 0.252 e. The molecule has 1 saturated carbocycles. The molecule has 1 aromatic heterocycles. The Bertz CT molecular complexity index is 3250. The molecule has 0 spiro atoms. The largest absolute Gasteiger partial charge is 0.335 e. The second-order valence-corrected chi connectivity index (χ2v) is 24.2. The number of hydrogen-bond acceptors (Lipinski definition) is 2. The first-order valence-electron chi connectivity index (χ1n) is 25.4. The summed E-state index contributed by atoms with van der Waals surface area (Å²) < 4.78 is 2.71. The van der Waals surface area contributed by atoms with Gasteiger partial charge >= 0.3 is 0 Å². The molecule has 0 bridgehead atoms. The molecule has 3 nitrogen and oxygen atoms in total. The van der Waals surface area contributed by atoms with E-state index in [1.807, 2.05) is 0 Å². The van der Waals surface area contributed by atoms with Crippen molar-refractivity contribution in [2.45, 2.75) is 129 Å². The predicted octanol–water partition coefficient (Wildman–Crippen LogP) is 15.2. The third-order valence-corrected chi connectivity index (χ3v) is 17.0. The molecule has 0 radical (unpaired) electrons. The van der Waals surface area contributed by atoms with Gasteiger partial charge in [0.1, 0.15) is 0 Å². The molecule has 68 heavy (non-hydrogen) atoms. The summed E-state index contributed by atoms with van der Waals surface area (Å²) in [5.41, 5.74) is 23.7. The molecule has 3 aliphatic heterocycles. The quantitative estimate of drug-likeness (QED) is 0.160. The van der Waals surface area contributed by atoms with E-state index in [9.17, 15) is 0 Å². The summed E-state index contributed by atoms with van der Waals surface area (Å²) in [7, 11) is 0. The van der Waals surface area contributed by atoms with E-state index in [4.69, 9.17) is 0 Å². The average Bonchev–Trinajstić information content (AvgIpc) is 3.77. The van der Waals surface area contributed by atoms with Crippen molar-refractivity contribution in [2.75, 3.05) is 9.80 Å². The second kappa shape index (κ2) is 14.6. The maximum atomic E-state index is 2.89. The summed E-state index contributed by atoms with van der Waals surface area (Å²) in [5, 5.41) is 1.32. The van der Waals surface area contributed by atoms with Crippen LogP contribution in [0.1, 0.15) is 124 Å². The lowest BCUT2D eigenvalue weighted by atomic mass is 9.33. The van der Waals surface area contributed by atoms with Crippen molar-refractivity contribution in [1.29, 1.82) is 0 Å². The summed E-state index contributed by atoms with van der Waals surface area (Å²) in [6, 6.07) is 59.0. The van der Waals surface area contributed by atoms with Gasteiger partial charge in [-0.25, -0.2) is 0 Å². The molecule has 0 amide bonds. The van der Waals surface area contributed by atoms with Crippen LogP contribution in [-0.2, 0) is 21.7 Å². The van der Waals surface area contributed by atoms with Crippen molar-refractivity contribution in [3.05, 3.63) is 174 Å². The fraction of sp³-hybridized carbons (Fsp3) is 0.312. The topological polar surface area (TPSA) is 11.4 Å². The fourth-order valence-corrected chi connectivity index (χ4v) is 13.1. The fourth-order valence-electron chi connectivity index (χ4n) is 13.1. The zero-order valence-electron chi connectivity index (χ0n) is 42.2. The van der Waals surface area contributed by atoms with Crippen LogP contribution in [0.5, 0.6) is 0 Å². The van der Waals surface area contributed by atoms with Crippen LogP contribution in [0.3, 0.4) is 0 Å². The van der Waals surface area contributed by atoms with Gasteiger partial charge in [-0.1, -0.05) is 191 Å². The van der Waals surface area contributed by atoms with Gasteiger partial charge in [0.15, 0.2) is 0 Å². The van der Waals surface area contributed by atoms with Gasteiger partial charge < -0.3 is 14.4 Å². The normalized spacial score (nSPS) is 19.2. The van der Waals surface area contributed by atoms with Gasteiger partial charge in [-0.05, 0) is 128 Å². The Labute approximate surface area is 405 Å². The number of anilines is 5. The van der Waals surface area contributed by atoms with Gasteiger partial charge in [0, 0.05) is 50.3 Å². The second-order valence-electron chi connectivity index (χ2n) is 24.2. The van der Waals surface area contributed by atoms with Crippen molar-refractivity contribution in [1.82, 2.24) is 4.57 Å². The number of benzene rings is 7. The molecule has 4 heterocycles. The Hall–Kier alpha value is -6.26. The molecule has 340 valence electrons. The van der Waals surface area contributed by atoms with Gasteiger partial charge in [0.2, 0.25) is 0 Å². The maximum Gasteiger partial charge on any atom is 0.252 e. The van der Waals surface area contributed by atoms with E-state index in [2.05, 4.69) is 242 Å². The van der Waals surface area contributed by atoms with Crippen LogP contribution in [0.2, 0.25) is 0 Å². The Balaban J connectivity index is 1.26. The molecule has 2 atom stereocenters. The minimum absolute atomic E-state index is 0.00577. The summed E-state index contributed by atoms with van der Waals surface area (Å²) in [5.74, 6) is 0. The Kier molecular flexibility index (Phi) is 9.26. The van der Waals surface area contributed by atoms with Crippen molar-refractivity contribution in [3.8, 4) is 28.1 Å². The van der Waals surface area contributed by atoms with Gasteiger partial charge in [-0.3, -0.25) is 0 Å². The predicted molar refractivity (Wildman–Crippen MR) is 292 cm³/mol. The highest BCUT2D eigenvalue weighted by Gasteiger charge is 2.61. The number of fused-ring (bicyclic) bond motifs is 7. The average molecular weight is 888 g/mol. The lowest BCUT2D eigenvalue weighted by Crippen LogP contribution is -2.64. The van der Waals surface area contributed by atoms with Crippen molar-refractivity contribution >= 4 is 62.4 Å². The number of aromatic nitrogens is 1. The maximum absolute atomic E-state index is 2.89. The molecule has 7 aromatic carbocycles. The number of para-hydroxylation sites is 1. The van der Waals surface area contributed by atoms with Crippen LogP contribution in [0, 0.1) is 0 Å². The first kappa shape index (κ1) is 43.1. The van der Waals surface area contributed by atoms with Crippen LogP contribution in [-0.4, -0.2) is 16.8 Å². The van der Waals surface area contributed by atoms with Gasteiger partial charge in [-0.15, -0.1) is 0 Å². The lowest BCUT2D eigenvalue weighted by Gasteiger charge is -2.52. The van der Waals surface area contributed by atoms with Crippen LogP contribution < -0.4 is 26.2 Å². The van der Waals surface area contributed by atoms with Crippen LogP contribution in [0.25, 0.3) is 39.0 Å². The lowest BCUT2D eigenvalue weighted by molar-refractivity contribution is 0.195. The zero-order valence-corrected chi connectivity index (χ0v) is 42.2. The highest BCUT2D eigenvalue weighted by atomic mass is 15.3. The highest BCUT2D eigenvalue weighted by molar-refractivity contribution is 7.00. The molecule has 0 N–H and O–H groups in total. The summed E-state index contributed by atoms with van der Waals surface area (Å²) >= 11 is 0. The standard InChI is InChI=1S/C64H66BN3/c1-60(2,3)43-27-31-46(32-28-43)66(47-33-29-44(30-34-47)61(4,5)6)48-39-53-56-54(40-48)68-59-50(63(10)35-18-19-36-64(63,68)11)25-20-26-51(59)65(56)52-38-45(62(7,8)9)37-49-55(41-21-14-12-15-22-41)57(67(53)58(49)52)42-23-16-13-17-24-42/h12-17,20-34,37-40H,18-19,35-36H2,1-11H3. The van der Waals surface area contributed by atoms with E-state index in [0.717, 1.165) is 17.8 Å². The van der Waals surface area contributed by atoms with Crippen LogP contribution in [0.4, 0.5) is 28.4 Å². The van der Waals surface area contributed by atoms with Crippen molar-refractivity contribution in [2.24, 2.45) is 0 Å². The molecule has 1 aliphatic carbocycles. The molecule has 4 heteroatoms. The Morgan fingerprint density at radius 1 is 0.515 bits per heavy atom. The zero-order chi connectivity index (χ0) is 47.3. The van der Waals surface area contributed by atoms with E-state index < -0.39 is 0 Å². The minimum Gasteiger partial charge on any atom is -0.335 e. The molecular formula is C64H66BN3. The van der Waals surface area contributed by atoms with E-state index >= 15 is 0 Å². The summed E-state index contributed by atoms with van der Waals surface area (Å²) in [6.45, 7) is 26.3. The van der Waals surface area contributed by atoms with Gasteiger partial charge in [-0.2, -0.15) is 0 Å². The summed E-state index contributed by atoms with van der Waals surface area (Å²) in [4.78, 5) is 5.43. The molecule has 12 rings (SSSR count). The first-order chi connectivity index (χ1) is 32.4. The third kappa shape index (κ3) is 6.11. The van der Waals surface area contributed by atoms with E-state index in [1.54, 1.807) is 0 Å².